The summed E-state index contributed by atoms with van der Waals surface area (Å²) in [6.07, 6.45) is 1.47. The fourth-order valence-corrected chi connectivity index (χ4v) is 3.68. The van der Waals surface area contributed by atoms with Crippen LogP contribution in [0.5, 0.6) is 0 Å². The number of ether oxygens (including phenoxy) is 1. The summed E-state index contributed by atoms with van der Waals surface area (Å²) in [6, 6.07) is 24.8. The van der Waals surface area contributed by atoms with Crippen molar-refractivity contribution < 1.29 is 19.1 Å². The van der Waals surface area contributed by atoms with Crippen LogP contribution in [0.3, 0.4) is 0 Å². The summed E-state index contributed by atoms with van der Waals surface area (Å²) >= 11 is 0. The molecule has 162 valence electrons. The molecule has 1 heterocycles. The summed E-state index contributed by atoms with van der Waals surface area (Å²) in [6.45, 7) is 0.313. The summed E-state index contributed by atoms with van der Waals surface area (Å²) in [5.74, 6) is -0.814. The molecule has 1 saturated heterocycles. The lowest BCUT2D eigenvalue weighted by atomic mass is 10.0. The molecule has 0 bridgehead atoms. The quantitative estimate of drug-likeness (QED) is 0.572. The van der Waals surface area contributed by atoms with Crippen molar-refractivity contribution in [1.82, 2.24) is 0 Å². The van der Waals surface area contributed by atoms with Crippen LogP contribution >= 0.6 is 0 Å². The van der Waals surface area contributed by atoms with Crippen molar-refractivity contribution in [3.63, 3.8) is 0 Å². The van der Waals surface area contributed by atoms with Crippen LogP contribution in [0.15, 0.2) is 78.9 Å². The molecule has 0 saturated carbocycles. The van der Waals surface area contributed by atoms with Gasteiger partial charge in [-0.15, -0.1) is 0 Å². The van der Waals surface area contributed by atoms with Gasteiger partial charge in [0.25, 0.3) is 5.91 Å². The van der Waals surface area contributed by atoms with Gasteiger partial charge in [-0.1, -0.05) is 60.7 Å². The molecule has 1 fully saturated rings. The van der Waals surface area contributed by atoms with Gasteiger partial charge in [-0.25, -0.2) is 0 Å². The van der Waals surface area contributed by atoms with Crippen molar-refractivity contribution in [2.45, 2.75) is 19.3 Å². The molecule has 0 atom stereocenters. The highest BCUT2D eigenvalue weighted by Crippen LogP contribution is 2.24. The second-order valence-electron chi connectivity index (χ2n) is 7.65. The molecule has 3 aromatic rings. The van der Waals surface area contributed by atoms with Crippen LogP contribution in [0.2, 0.25) is 0 Å². The lowest BCUT2D eigenvalue weighted by Crippen LogP contribution is -2.24. The molecule has 1 aliphatic heterocycles. The second kappa shape index (κ2) is 9.92. The predicted molar refractivity (Wildman–Crippen MR) is 123 cm³/mol. The smallest absolute Gasteiger partial charge is 0.310 e. The molecule has 0 unspecified atom stereocenters. The zero-order valence-corrected chi connectivity index (χ0v) is 17.6. The molecule has 6 nitrogen and oxygen atoms in total. The van der Waals surface area contributed by atoms with Crippen LogP contribution in [0, 0.1) is 0 Å². The van der Waals surface area contributed by atoms with Crippen LogP contribution in [0.25, 0.3) is 11.1 Å². The first-order valence-corrected chi connectivity index (χ1v) is 10.6. The van der Waals surface area contributed by atoms with Crippen LogP contribution in [-0.4, -0.2) is 30.9 Å². The number of benzene rings is 3. The summed E-state index contributed by atoms with van der Waals surface area (Å²) in [7, 11) is 0. The Morgan fingerprint density at radius 1 is 0.906 bits per heavy atom. The number of amides is 2. The Hall–Kier alpha value is -3.93. The average Bonchev–Trinajstić information content (AvgIpc) is 3.25. The average molecular weight is 428 g/mol. The summed E-state index contributed by atoms with van der Waals surface area (Å²) < 4.78 is 5.13. The number of nitrogens with zero attached hydrogens (tertiary/aromatic N) is 1. The van der Waals surface area contributed by atoms with E-state index >= 15 is 0 Å². The van der Waals surface area contributed by atoms with E-state index in [1.165, 1.54) is 0 Å². The van der Waals surface area contributed by atoms with Crippen molar-refractivity contribution in [1.29, 1.82) is 0 Å². The standard InChI is InChI=1S/C26H24N2O4/c29-24(27-22-8-4-9-23(17-22)28-15-5-10-25(28)30)18-32-26(31)16-19-11-13-21(14-12-19)20-6-2-1-3-7-20/h1-4,6-9,11-14,17H,5,10,15-16,18H2,(H,27,29). The maximum atomic E-state index is 12.2. The molecular weight excluding hydrogens is 404 g/mol. The fourth-order valence-electron chi connectivity index (χ4n) is 3.68. The minimum absolute atomic E-state index is 0.0826. The number of carbonyl (C=O) groups is 3. The van der Waals surface area contributed by atoms with E-state index in [1.54, 1.807) is 23.1 Å². The van der Waals surface area contributed by atoms with Gasteiger partial charge in [0.2, 0.25) is 5.91 Å². The Balaban J connectivity index is 1.26. The first-order chi connectivity index (χ1) is 15.6. The maximum Gasteiger partial charge on any atom is 0.310 e. The molecule has 4 rings (SSSR count). The van der Waals surface area contributed by atoms with Crippen LogP contribution < -0.4 is 10.2 Å². The molecule has 32 heavy (non-hydrogen) atoms. The Labute approximate surface area is 186 Å². The second-order valence-corrected chi connectivity index (χ2v) is 7.65. The first kappa shape index (κ1) is 21.3. The Morgan fingerprint density at radius 2 is 1.66 bits per heavy atom. The fraction of sp³-hybridized carbons (Fsp3) is 0.192. The van der Waals surface area contributed by atoms with Crippen LogP contribution in [0.1, 0.15) is 18.4 Å². The van der Waals surface area contributed by atoms with Gasteiger partial charge >= 0.3 is 5.97 Å². The molecule has 0 aliphatic carbocycles. The maximum absolute atomic E-state index is 12.2. The summed E-state index contributed by atoms with van der Waals surface area (Å²) in [4.78, 5) is 38.0. The molecule has 3 aromatic carbocycles. The zero-order chi connectivity index (χ0) is 22.3. The highest BCUT2D eigenvalue weighted by Gasteiger charge is 2.21. The number of hydrogen-bond acceptors (Lipinski definition) is 4. The largest absolute Gasteiger partial charge is 0.455 e. The van der Waals surface area contributed by atoms with Crippen molar-refractivity contribution in [2.75, 3.05) is 23.4 Å². The van der Waals surface area contributed by atoms with Gasteiger partial charge in [0, 0.05) is 24.3 Å². The molecule has 2 amide bonds. The van der Waals surface area contributed by atoms with Gasteiger partial charge < -0.3 is 15.0 Å². The van der Waals surface area contributed by atoms with Crippen LogP contribution in [0.4, 0.5) is 11.4 Å². The van der Waals surface area contributed by atoms with E-state index in [4.69, 9.17) is 4.74 Å². The highest BCUT2D eigenvalue weighted by atomic mass is 16.5. The van der Waals surface area contributed by atoms with Gasteiger partial charge in [0.1, 0.15) is 0 Å². The zero-order valence-electron chi connectivity index (χ0n) is 17.6. The molecule has 1 N–H and O–H groups in total. The Bertz CT molecular complexity index is 1110. The van der Waals surface area contributed by atoms with Crippen molar-refractivity contribution in [3.05, 3.63) is 84.4 Å². The third-order valence-electron chi connectivity index (χ3n) is 5.29. The van der Waals surface area contributed by atoms with Gasteiger partial charge in [0.05, 0.1) is 6.42 Å². The SMILES string of the molecule is O=C(COC(=O)Cc1ccc(-c2ccccc2)cc1)Nc1cccc(N2CCCC2=O)c1. The monoisotopic (exact) mass is 428 g/mol. The van der Waals surface area contributed by atoms with Crippen molar-refractivity contribution in [2.24, 2.45) is 0 Å². The van der Waals surface area contributed by atoms with E-state index in [2.05, 4.69) is 5.32 Å². The summed E-state index contributed by atoms with van der Waals surface area (Å²) in [5.41, 5.74) is 4.30. The lowest BCUT2D eigenvalue weighted by Gasteiger charge is -2.16. The van der Waals surface area contributed by atoms with Gasteiger partial charge in [0.15, 0.2) is 6.61 Å². The number of nitrogens with one attached hydrogen (secondary N) is 1. The highest BCUT2D eigenvalue weighted by molar-refractivity contribution is 5.97. The minimum atomic E-state index is -0.468. The normalized spacial score (nSPS) is 13.1. The topological polar surface area (TPSA) is 75.7 Å². The van der Waals surface area contributed by atoms with Gasteiger partial charge in [-0.05, 0) is 41.3 Å². The molecule has 0 aromatic heterocycles. The van der Waals surface area contributed by atoms with Crippen molar-refractivity contribution in [3.8, 4) is 11.1 Å². The van der Waals surface area contributed by atoms with Gasteiger partial charge in [-0.3, -0.25) is 14.4 Å². The third kappa shape index (κ3) is 5.40. The Kier molecular flexibility index (Phi) is 6.60. The van der Waals surface area contributed by atoms with E-state index in [0.29, 0.717) is 18.7 Å². The summed E-state index contributed by atoms with van der Waals surface area (Å²) in [5, 5.41) is 2.71. The van der Waals surface area contributed by atoms with E-state index < -0.39 is 11.9 Å². The molecule has 0 spiro atoms. The van der Waals surface area contributed by atoms with E-state index in [9.17, 15) is 14.4 Å². The van der Waals surface area contributed by atoms with Gasteiger partial charge in [-0.2, -0.15) is 0 Å². The molecule has 0 radical (unpaired) electrons. The molecular formula is C26H24N2O4. The lowest BCUT2D eigenvalue weighted by molar-refractivity contribution is -0.146. The third-order valence-corrected chi connectivity index (χ3v) is 5.29. The Morgan fingerprint density at radius 3 is 2.38 bits per heavy atom. The van der Waals surface area contributed by atoms with Crippen molar-refractivity contribution >= 4 is 29.2 Å². The number of carbonyl (C=O) groups excluding carboxylic acids is 3. The number of esters is 1. The number of rotatable bonds is 7. The molecule has 6 heteroatoms. The first-order valence-electron chi connectivity index (χ1n) is 10.6. The molecule has 1 aliphatic rings. The number of hydrogen-bond donors (Lipinski definition) is 1. The number of anilines is 2. The van der Waals surface area contributed by atoms with E-state index in [0.717, 1.165) is 28.8 Å². The van der Waals surface area contributed by atoms with E-state index in [1.807, 2.05) is 60.7 Å². The van der Waals surface area contributed by atoms with E-state index in [-0.39, 0.29) is 18.9 Å². The minimum Gasteiger partial charge on any atom is -0.455 e. The van der Waals surface area contributed by atoms with Crippen LogP contribution in [-0.2, 0) is 25.5 Å². The predicted octanol–water partition coefficient (Wildman–Crippen LogP) is 4.20.